The summed E-state index contributed by atoms with van der Waals surface area (Å²) < 4.78 is 19.7. The summed E-state index contributed by atoms with van der Waals surface area (Å²) in [6.45, 7) is 0. The van der Waals surface area contributed by atoms with Crippen LogP contribution in [0, 0.1) is 5.82 Å². The zero-order valence-corrected chi connectivity index (χ0v) is 13.7. The van der Waals surface area contributed by atoms with Crippen LogP contribution in [0.1, 0.15) is 15.4 Å². The van der Waals surface area contributed by atoms with Gasteiger partial charge in [0.15, 0.2) is 11.6 Å². The molecule has 0 aliphatic rings. The van der Waals surface area contributed by atoms with Gasteiger partial charge in [-0.1, -0.05) is 34.1 Å². The average molecular weight is 366 g/mol. The number of methoxy groups -OCH3 is 1. The molecule has 0 aliphatic carbocycles. The molecule has 21 heavy (non-hydrogen) atoms. The highest BCUT2D eigenvalue weighted by molar-refractivity contribution is 9.09. The maximum Gasteiger partial charge on any atom is 0.165 e. The number of rotatable bonds is 4. The van der Waals surface area contributed by atoms with E-state index in [9.17, 15) is 4.39 Å². The number of para-hydroxylation sites is 1. The number of fused-ring (bicyclic) bond motifs is 1. The Kier molecular flexibility index (Phi) is 4.22. The van der Waals surface area contributed by atoms with Crippen LogP contribution in [0.2, 0.25) is 0 Å². The number of halogens is 2. The molecule has 0 bridgehead atoms. The van der Waals surface area contributed by atoms with Gasteiger partial charge in [0.1, 0.15) is 0 Å². The highest BCUT2D eigenvalue weighted by atomic mass is 79.9. The topological polar surface area (TPSA) is 22.1 Å². The molecular formula is C16H13BrFNOS. The summed E-state index contributed by atoms with van der Waals surface area (Å²) in [4.78, 5) is 4.70. The standard InChI is InChI=1S/C16H13BrFNOS/c1-20-14-8-10(6-7-12(14)18)11(17)9-16-19-13-4-2-3-5-15(13)21-16/h2-8,11H,9H2,1H3. The molecule has 2 nitrogen and oxygen atoms in total. The first-order valence-electron chi connectivity index (χ1n) is 6.49. The highest BCUT2D eigenvalue weighted by Gasteiger charge is 2.14. The van der Waals surface area contributed by atoms with Gasteiger partial charge in [-0.15, -0.1) is 11.3 Å². The van der Waals surface area contributed by atoms with Crippen LogP contribution in [0.5, 0.6) is 5.75 Å². The number of hydrogen-bond acceptors (Lipinski definition) is 3. The molecule has 1 aromatic heterocycles. The van der Waals surface area contributed by atoms with Crippen molar-refractivity contribution in [1.82, 2.24) is 4.98 Å². The van der Waals surface area contributed by atoms with E-state index in [0.29, 0.717) is 0 Å². The molecule has 0 N–H and O–H groups in total. The van der Waals surface area contributed by atoms with Crippen molar-refractivity contribution < 1.29 is 9.13 Å². The van der Waals surface area contributed by atoms with Crippen molar-refractivity contribution in [2.24, 2.45) is 0 Å². The van der Waals surface area contributed by atoms with Gasteiger partial charge in [-0.25, -0.2) is 9.37 Å². The van der Waals surface area contributed by atoms with Crippen molar-refractivity contribution in [2.45, 2.75) is 11.2 Å². The molecule has 3 rings (SSSR count). The third kappa shape index (κ3) is 3.09. The highest BCUT2D eigenvalue weighted by Crippen LogP contribution is 2.33. The summed E-state index contributed by atoms with van der Waals surface area (Å²) in [5, 5.41) is 1.06. The van der Waals surface area contributed by atoms with Gasteiger partial charge >= 0.3 is 0 Å². The Labute approximate surface area is 134 Å². The van der Waals surface area contributed by atoms with Gasteiger partial charge in [-0.05, 0) is 29.8 Å². The van der Waals surface area contributed by atoms with Crippen molar-refractivity contribution in [3.8, 4) is 5.75 Å². The van der Waals surface area contributed by atoms with Crippen LogP contribution in [-0.2, 0) is 6.42 Å². The average Bonchev–Trinajstić information content (AvgIpc) is 2.89. The molecule has 0 saturated heterocycles. The van der Waals surface area contributed by atoms with Crippen molar-refractivity contribution in [1.29, 1.82) is 0 Å². The smallest absolute Gasteiger partial charge is 0.165 e. The molecule has 0 radical (unpaired) electrons. The second-order valence-corrected chi connectivity index (χ2v) is 6.86. The molecule has 1 heterocycles. The Hall–Kier alpha value is -1.46. The number of alkyl halides is 1. The molecule has 2 aromatic carbocycles. The zero-order chi connectivity index (χ0) is 14.8. The minimum absolute atomic E-state index is 0.0764. The van der Waals surface area contributed by atoms with E-state index in [1.54, 1.807) is 23.5 Å². The Bertz CT molecular complexity index is 741. The van der Waals surface area contributed by atoms with Crippen molar-refractivity contribution >= 4 is 37.5 Å². The van der Waals surface area contributed by atoms with Crippen LogP contribution in [-0.4, -0.2) is 12.1 Å². The lowest BCUT2D eigenvalue weighted by Crippen LogP contribution is -1.97. The molecule has 0 aliphatic heterocycles. The normalized spacial score (nSPS) is 12.5. The fraction of sp³-hybridized carbons (Fsp3) is 0.188. The summed E-state index contributed by atoms with van der Waals surface area (Å²) in [7, 11) is 1.47. The molecule has 5 heteroatoms. The van der Waals surface area contributed by atoms with Gasteiger partial charge in [-0.2, -0.15) is 0 Å². The predicted molar refractivity (Wildman–Crippen MR) is 87.9 cm³/mol. The Morgan fingerprint density at radius 1 is 1.29 bits per heavy atom. The molecule has 1 unspecified atom stereocenters. The predicted octanol–water partition coefficient (Wildman–Crippen LogP) is 5.12. The third-order valence-corrected chi connectivity index (χ3v) is 5.14. The van der Waals surface area contributed by atoms with E-state index in [-0.39, 0.29) is 16.4 Å². The lowest BCUT2D eigenvalue weighted by molar-refractivity contribution is 0.386. The number of aromatic nitrogens is 1. The van der Waals surface area contributed by atoms with Crippen LogP contribution in [0.25, 0.3) is 10.2 Å². The van der Waals surface area contributed by atoms with E-state index in [1.165, 1.54) is 17.9 Å². The lowest BCUT2D eigenvalue weighted by Gasteiger charge is -2.10. The van der Waals surface area contributed by atoms with E-state index < -0.39 is 0 Å². The summed E-state index contributed by atoms with van der Waals surface area (Å²) >= 11 is 5.34. The molecule has 0 fully saturated rings. The van der Waals surface area contributed by atoms with E-state index >= 15 is 0 Å². The Morgan fingerprint density at radius 3 is 2.86 bits per heavy atom. The second-order valence-electron chi connectivity index (χ2n) is 4.64. The second kappa shape index (κ2) is 6.12. The monoisotopic (exact) mass is 365 g/mol. The maximum absolute atomic E-state index is 13.4. The minimum atomic E-state index is -0.346. The number of benzene rings is 2. The number of thiazole rings is 1. The van der Waals surface area contributed by atoms with Gasteiger partial charge < -0.3 is 4.74 Å². The number of hydrogen-bond donors (Lipinski definition) is 0. The van der Waals surface area contributed by atoms with Crippen molar-refractivity contribution in [3.05, 3.63) is 58.9 Å². The van der Waals surface area contributed by atoms with Gasteiger partial charge in [0.05, 0.1) is 22.3 Å². The minimum Gasteiger partial charge on any atom is -0.494 e. The van der Waals surface area contributed by atoms with Crippen molar-refractivity contribution in [3.63, 3.8) is 0 Å². The lowest BCUT2D eigenvalue weighted by atomic mass is 10.1. The summed E-state index contributed by atoms with van der Waals surface area (Å²) in [6, 6.07) is 13.0. The number of ether oxygens (including phenoxy) is 1. The fourth-order valence-corrected chi connectivity index (χ4v) is 3.97. The Morgan fingerprint density at radius 2 is 2.10 bits per heavy atom. The van der Waals surface area contributed by atoms with E-state index in [4.69, 9.17) is 4.74 Å². The molecule has 3 aromatic rings. The van der Waals surface area contributed by atoms with Gasteiger partial charge in [-0.3, -0.25) is 0 Å². The fourth-order valence-electron chi connectivity index (χ4n) is 2.15. The van der Waals surface area contributed by atoms with Crippen molar-refractivity contribution in [2.75, 3.05) is 7.11 Å². The Balaban J connectivity index is 1.83. The van der Waals surface area contributed by atoms with Crippen LogP contribution in [0.15, 0.2) is 42.5 Å². The molecule has 108 valence electrons. The van der Waals surface area contributed by atoms with Gasteiger partial charge in [0.25, 0.3) is 0 Å². The SMILES string of the molecule is COc1cc(C(Br)Cc2nc3ccccc3s2)ccc1F. The molecular weight excluding hydrogens is 353 g/mol. The summed E-state index contributed by atoms with van der Waals surface area (Å²) in [5.41, 5.74) is 2.00. The van der Waals surface area contributed by atoms with E-state index in [2.05, 4.69) is 27.0 Å². The number of nitrogens with zero attached hydrogens (tertiary/aromatic N) is 1. The molecule has 1 atom stereocenters. The summed E-state index contributed by atoms with van der Waals surface area (Å²) in [5.74, 6) is -0.0813. The first-order chi connectivity index (χ1) is 10.2. The van der Waals surface area contributed by atoms with E-state index in [0.717, 1.165) is 22.5 Å². The first-order valence-corrected chi connectivity index (χ1v) is 8.22. The maximum atomic E-state index is 13.4. The largest absolute Gasteiger partial charge is 0.494 e. The van der Waals surface area contributed by atoms with Gasteiger partial charge in [0, 0.05) is 11.2 Å². The molecule has 0 spiro atoms. The van der Waals surface area contributed by atoms with E-state index in [1.807, 2.05) is 18.2 Å². The van der Waals surface area contributed by atoms with Gasteiger partial charge in [0.2, 0.25) is 0 Å². The quantitative estimate of drug-likeness (QED) is 0.598. The van der Waals surface area contributed by atoms with Crippen LogP contribution in [0.4, 0.5) is 4.39 Å². The third-order valence-electron chi connectivity index (χ3n) is 3.23. The first kappa shape index (κ1) is 14.5. The van der Waals surface area contributed by atoms with Crippen LogP contribution in [0.3, 0.4) is 0 Å². The van der Waals surface area contributed by atoms with Crippen LogP contribution < -0.4 is 4.74 Å². The zero-order valence-electron chi connectivity index (χ0n) is 11.3. The molecule has 0 saturated carbocycles. The van der Waals surface area contributed by atoms with Crippen LogP contribution >= 0.6 is 27.3 Å². The summed E-state index contributed by atoms with van der Waals surface area (Å²) in [6.07, 6.45) is 0.758. The molecule has 0 amide bonds.